The smallest absolute Gasteiger partial charge is 0.341 e. The van der Waals surface area contributed by atoms with Crippen LogP contribution in [0.25, 0.3) is 22.3 Å². The minimum Gasteiger partial charge on any atom is -0.482 e. The molecule has 4 rings (SSSR count). The van der Waals surface area contributed by atoms with E-state index in [1.54, 1.807) is 23.5 Å². The van der Waals surface area contributed by atoms with Gasteiger partial charge >= 0.3 is 11.9 Å². The average Bonchev–Trinajstić information content (AvgIpc) is 3.01. The summed E-state index contributed by atoms with van der Waals surface area (Å²) in [6.07, 6.45) is 4.51. The largest absolute Gasteiger partial charge is 0.482 e. The summed E-state index contributed by atoms with van der Waals surface area (Å²) in [5, 5.41) is 17.9. The molecular formula is C38H38O5S2. The normalized spacial score (nSPS) is 11.8. The Morgan fingerprint density at radius 2 is 1.16 bits per heavy atom. The fourth-order valence-electron chi connectivity index (χ4n) is 4.75. The fourth-order valence-corrected chi connectivity index (χ4v) is 6.65. The minimum atomic E-state index is -0.985. The van der Waals surface area contributed by atoms with Crippen molar-refractivity contribution >= 4 is 46.6 Å². The standard InChI is InChI=1S/C38H38O5S2/c1-25(17-19-44-34-14-13-33(23-37(39)40)27(3)21-34)29-5-9-31(10-6-29)32-11-7-30(8-12-32)26(2)18-20-45-35-15-16-36(28(4)22-35)43-24-38(41)42/h5-18,21-22H,19-20,23-24H2,1-4H3,(H,39,40)(H,41,42). The molecule has 2 N–H and O–H groups in total. The van der Waals surface area contributed by atoms with Gasteiger partial charge in [0, 0.05) is 21.3 Å². The number of rotatable bonds is 14. The molecule has 0 aliphatic rings. The van der Waals surface area contributed by atoms with Crippen LogP contribution in [0.15, 0.2) is 107 Å². The molecule has 0 aromatic heterocycles. The summed E-state index contributed by atoms with van der Waals surface area (Å²) >= 11 is 3.47. The summed E-state index contributed by atoms with van der Waals surface area (Å²) in [4.78, 5) is 24.0. The van der Waals surface area contributed by atoms with Gasteiger partial charge in [0.05, 0.1) is 6.42 Å². The molecule has 0 bridgehead atoms. The van der Waals surface area contributed by atoms with Crippen molar-refractivity contribution in [1.82, 2.24) is 0 Å². The minimum absolute atomic E-state index is 0.0557. The summed E-state index contributed by atoms with van der Waals surface area (Å²) in [6, 6.07) is 29.1. The van der Waals surface area contributed by atoms with Crippen molar-refractivity contribution in [3.63, 3.8) is 0 Å². The Morgan fingerprint density at radius 1 is 0.667 bits per heavy atom. The lowest BCUT2D eigenvalue weighted by molar-refractivity contribution is -0.139. The molecule has 0 unspecified atom stereocenters. The topological polar surface area (TPSA) is 83.8 Å². The molecule has 7 heteroatoms. The quantitative estimate of drug-likeness (QED) is 0.133. The van der Waals surface area contributed by atoms with Crippen LogP contribution in [0, 0.1) is 13.8 Å². The summed E-state index contributed by atoms with van der Waals surface area (Å²) in [5.74, 6) is 0.473. The molecule has 232 valence electrons. The van der Waals surface area contributed by atoms with Crippen molar-refractivity contribution in [3.8, 4) is 16.9 Å². The number of hydrogen-bond donors (Lipinski definition) is 2. The number of ether oxygens (including phenoxy) is 1. The number of carbonyl (C=O) groups is 2. The Balaban J connectivity index is 1.29. The number of carboxylic acids is 2. The number of thioether (sulfide) groups is 2. The second kappa shape index (κ2) is 16.2. The van der Waals surface area contributed by atoms with E-state index in [1.165, 1.54) is 33.4 Å². The average molecular weight is 639 g/mol. The van der Waals surface area contributed by atoms with Crippen LogP contribution < -0.4 is 4.74 Å². The van der Waals surface area contributed by atoms with Gasteiger partial charge in [0.25, 0.3) is 0 Å². The van der Waals surface area contributed by atoms with E-state index in [2.05, 4.69) is 80.6 Å². The van der Waals surface area contributed by atoms with E-state index >= 15 is 0 Å². The molecule has 0 amide bonds. The predicted molar refractivity (Wildman–Crippen MR) is 187 cm³/mol. The molecule has 5 nitrogen and oxygen atoms in total. The second-order valence-corrected chi connectivity index (χ2v) is 13.0. The summed E-state index contributed by atoms with van der Waals surface area (Å²) in [7, 11) is 0. The summed E-state index contributed by atoms with van der Waals surface area (Å²) < 4.78 is 5.32. The third-order valence-corrected chi connectivity index (χ3v) is 9.29. The first-order chi connectivity index (χ1) is 21.6. The molecule has 0 radical (unpaired) electrons. The van der Waals surface area contributed by atoms with E-state index in [0.717, 1.165) is 38.0 Å². The van der Waals surface area contributed by atoms with Gasteiger partial charge in [0.1, 0.15) is 5.75 Å². The summed E-state index contributed by atoms with van der Waals surface area (Å²) in [5.41, 5.74) is 9.96. The number of hydrogen-bond acceptors (Lipinski definition) is 5. The van der Waals surface area contributed by atoms with Crippen LogP contribution in [0.1, 0.15) is 41.7 Å². The van der Waals surface area contributed by atoms with E-state index in [9.17, 15) is 9.59 Å². The number of aryl methyl sites for hydroxylation is 2. The van der Waals surface area contributed by atoms with Gasteiger partial charge in [0.15, 0.2) is 6.61 Å². The molecule has 0 aliphatic heterocycles. The van der Waals surface area contributed by atoms with Gasteiger partial charge in [-0.15, -0.1) is 23.5 Å². The van der Waals surface area contributed by atoms with Gasteiger partial charge in [-0.05, 0) is 108 Å². The van der Waals surface area contributed by atoms with Crippen molar-refractivity contribution < 1.29 is 24.5 Å². The number of carboxylic acid groups (broad SMARTS) is 2. The molecular weight excluding hydrogens is 601 g/mol. The van der Waals surface area contributed by atoms with Crippen molar-refractivity contribution in [2.24, 2.45) is 0 Å². The number of benzene rings is 4. The highest BCUT2D eigenvalue weighted by Gasteiger charge is 2.07. The first-order valence-electron chi connectivity index (χ1n) is 14.7. The molecule has 4 aromatic rings. The Hall–Kier alpha value is -4.20. The lowest BCUT2D eigenvalue weighted by atomic mass is 9.99. The van der Waals surface area contributed by atoms with E-state index in [0.29, 0.717) is 5.75 Å². The van der Waals surface area contributed by atoms with Crippen molar-refractivity contribution in [3.05, 3.63) is 125 Å². The zero-order valence-electron chi connectivity index (χ0n) is 26.0. The predicted octanol–water partition coefficient (Wildman–Crippen LogP) is 9.45. The first-order valence-corrected chi connectivity index (χ1v) is 16.6. The van der Waals surface area contributed by atoms with Gasteiger partial charge < -0.3 is 14.9 Å². The van der Waals surface area contributed by atoms with Crippen molar-refractivity contribution in [2.45, 2.75) is 43.9 Å². The van der Waals surface area contributed by atoms with Crippen molar-refractivity contribution in [2.75, 3.05) is 18.1 Å². The third-order valence-electron chi connectivity index (χ3n) is 7.45. The SMILES string of the molecule is CC(=CCSc1ccc(CC(=O)O)c(C)c1)c1ccc(-c2ccc(C(C)=CCSc3ccc(OCC(=O)O)c(C)c3)cc2)cc1. The summed E-state index contributed by atoms with van der Waals surface area (Å²) in [6.45, 7) is 7.80. The zero-order valence-corrected chi connectivity index (χ0v) is 27.6. The molecule has 45 heavy (non-hydrogen) atoms. The van der Waals surface area contributed by atoms with Gasteiger partial charge in [0.2, 0.25) is 0 Å². The maximum absolute atomic E-state index is 11.0. The van der Waals surface area contributed by atoms with E-state index < -0.39 is 11.9 Å². The van der Waals surface area contributed by atoms with E-state index in [4.69, 9.17) is 14.9 Å². The lowest BCUT2D eigenvalue weighted by Crippen LogP contribution is -2.09. The molecule has 0 saturated heterocycles. The third kappa shape index (κ3) is 10.2. The van der Waals surface area contributed by atoms with E-state index in [1.807, 2.05) is 44.2 Å². The maximum Gasteiger partial charge on any atom is 0.341 e. The van der Waals surface area contributed by atoms with Crippen molar-refractivity contribution in [1.29, 1.82) is 0 Å². The molecule has 0 heterocycles. The maximum atomic E-state index is 11.0. The molecule has 0 aliphatic carbocycles. The lowest BCUT2D eigenvalue weighted by Gasteiger charge is -2.09. The van der Waals surface area contributed by atoms with Crippen LogP contribution in [-0.2, 0) is 16.0 Å². The van der Waals surface area contributed by atoms with Crippen LogP contribution in [0.2, 0.25) is 0 Å². The Kier molecular flexibility index (Phi) is 12.1. The fraction of sp³-hybridized carbons (Fsp3) is 0.211. The first kappa shape index (κ1) is 33.7. The van der Waals surface area contributed by atoms with Gasteiger partial charge in [-0.3, -0.25) is 4.79 Å². The van der Waals surface area contributed by atoms with Crippen LogP contribution >= 0.6 is 23.5 Å². The van der Waals surface area contributed by atoms with Gasteiger partial charge in [-0.1, -0.05) is 66.7 Å². The second-order valence-electron chi connectivity index (χ2n) is 10.8. The Bertz CT molecular complexity index is 1700. The molecule has 0 saturated carbocycles. The van der Waals surface area contributed by atoms with Crippen LogP contribution in [0.5, 0.6) is 5.75 Å². The van der Waals surface area contributed by atoms with Crippen LogP contribution in [-0.4, -0.2) is 40.3 Å². The number of aliphatic carboxylic acids is 2. The van der Waals surface area contributed by atoms with Crippen LogP contribution in [0.4, 0.5) is 0 Å². The molecule has 4 aromatic carbocycles. The zero-order chi connectivity index (χ0) is 32.3. The Labute approximate surface area is 274 Å². The number of allylic oxidation sites excluding steroid dienone is 2. The monoisotopic (exact) mass is 638 g/mol. The molecule has 0 atom stereocenters. The van der Waals surface area contributed by atoms with Crippen LogP contribution in [0.3, 0.4) is 0 Å². The molecule has 0 spiro atoms. The highest BCUT2D eigenvalue weighted by Crippen LogP contribution is 2.29. The van der Waals surface area contributed by atoms with Gasteiger partial charge in [-0.2, -0.15) is 0 Å². The molecule has 0 fully saturated rings. The Morgan fingerprint density at radius 3 is 1.60 bits per heavy atom. The highest BCUT2D eigenvalue weighted by atomic mass is 32.2. The van der Waals surface area contributed by atoms with Gasteiger partial charge in [-0.25, -0.2) is 4.79 Å². The highest BCUT2D eigenvalue weighted by molar-refractivity contribution is 7.99. The van der Waals surface area contributed by atoms with E-state index in [-0.39, 0.29) is 13.0 Å².